The van der Waals surface area contributed by atoms with Gasteiger partial charge < -0.3 is 4.98 Å². The monoisotopic (exact) mass is 213 g/mol. The van der Waals surface area contributed by atoms with Gasteiger partial charge in [0, 0.05) is 11.7 Å². The van der Waals surface area contributed by atoms with E-state index in [0.29, 0.717) is 10.8 Å². The summed E-state index contributed by atoms with van der Waals surface area (Å²) in [5.74, 6) is 0. The third-order valence-corrected chi connectivity index (χ3v) is 4.03. The van der Waals surface area contributed by atoms with Gasteiger partial charge in [-0.3, -0.25) is 0 Å². The standard InChI is InChI=1S/C15H19N/c1-14(2)9-15(3,4)12-8-13-10(5-6-16-13)7-11(12)14/h5-8,16H,9H2,1-4H3. The Bertz CT molecular complexity index is 510. The highest BCUT2D eigenvalue weighted by Crippen LogP contribution is 2.50. The molecule has 1 nitrogen and oxygen atoms in total. The first kappa shape index (κ1) is 9.95. The predicted molar refractivity (Wildman–Crippen MR) is 69.0 cm³/mol. The maximum absolute atomic E-state index is 3.31. The van der Waals surface area contributed by atoms with Crippen molar-refractivity contribution in [1.82, 2.24) is 4.98 Å². The lowest BCUT2D eigenvalue weighted by molar-refractivity contribution is 0.403. The second-order valence-corrected chi connectivity index (χ2v) is 6.41. The molecule has 84 valence electrons. The van der Waals surface area contributed by atoms with Gasteiger partial charge in [-0.05, 0) is 52.0 Å². The summed E-state index contributed by atoms with van der Waals surface area (Å²) >= 11 is 0. The van der Waals surface area contributed by atoms with E-state index in [2.05, 4.69) is 50.9 Å². The molecule has 0 aliphatic heterocycles. The van der Waals surface area contributed by atoms with Gasteiger partial charge in [0.05, 0.1) is 0 Å². The summed E-state index contributed by atoms with van der Waals surface area (Å²) in [5, 5.41) is 1.34. The van der Waals surface area contributed by atoms with Crippen LogP contribution in [-0.2, 0) is 10.8 Å². The lowest BCUT2D eigenvalue weighted by Crippen LogP contribution is -2.17. The van der Waals surface area contributed by atoms with Crippen LogP contribution in [0.1, 0.15) is 45.2 Å². The van der Waals surface area contributed by atoms with Crippen LogP contribution in [0.5, 0.6) is 0 Å². The number of rotatable bonds is 0. The fourth-order valence-electron chi connectivity index (χ4n) is 3.52. The van der Waals surface area contributed by atoms with Crippen molar-refractivity contribution in [1.29, 1.82) is 0 Å². The molecule has 0 saturated heterocycles. The highest BCUT2D eigenvalue weighted by molar-refractivity contribution is 5.82. The van der Waals surface area contributed by atoms with Gasteiger partial charge in [0.2, 0.25) is 0 Å². The number of hydrogen-bond donors (Lipinski definition) is 1. The lowest BCUT2D eigenvalue weighted by Gasteiger charge is -2.22. The van der Waals surface area contributed by atoms with E-state index in [-0.39, 0.29) is 0 Å². The quantitative estimate of drug-likeness (QED) is 0.677. The van der Waals surface area contributed by atoms with Crippen LogP contribution in [0.15, 0.2) is 24.4 Å². The van der Waals surface area contributed by atoms with Crippen LogP contribution in [0.3, 0.4) is 0 Å². The van der Waals surface area contributed by atoms with E-state index in [9.17, 15) is 0 Å². The van der Waals surface area contributed by atoms with Gasteiger partial charge in [0.15, 0.2) is 0 Å². The van der Waals surface area contributed by atoms with Gasteiger partial charge in [-0.1, -0.05) is 27.7 Å². The number of aromatic nitrogens is 1. The van der Waals surface area contributed by atoms with Gasteiger partial charge in [0.1, 0.15) is 0 Å². The predicted octanol–water partition coefficient (Wildman–Crippen LogP) is 4.13. The molecule has 1 aliphatic rings. The molecular formula is C15H19N. The minimum Gasteiger partial charge on any atom is -0.361 e. The van der Waals surface area contributed by atoms with Crippen molar-refractivity contribution in [2.24, 2.45) is 0 Å². The van der Waals surface area contributed by atoms with Crippen molar-refractivity contribution in [3.63, 3.8) is 0 Å². The van der Waals surface area contributed by atoms with Crippen molar-refractivity contribution in [3.8, 4) is 0 Å². The molecule has 0 spiro atoms. The maximum atomic E-state index is 3.31. The zero-order valence-corrected chi connectivity index (χ0v) is 10.5. The Morgan fingerprint density at radius 2 is 1.62 bits per heavy atom. The first-order chi connectivity index (χ1) is 7.40. The van der Waals surface area contributed by atoms with Gasteiger partial charge in [-0.15, -0.1) is 0 Å². The number of hydrogen-bond acceptors (Lipinski definition) is 0. The summed E-state index contributed by atoms with van der Waals surface area (Å²) in [6.45, 7) is 9.43. The largest absolute Gasteiger partial charge is 0.361 e. The summed E-state index contributed by atoms with van der Waals surface area (Å²) < 4.78 is 0. The summed E-state index contributed by atoms with van der Waals surface area (Å²) in [6.07, 6.45) is 3.27. The first-order valence-electron chi connectivity index (χ1n) is 6.02. The molecule has 0 atom stereocenters. The number of benzene rings is 1. The molecule has 1 heteroatoms. The Hall–Kier alpha value is -1.24. The van der Waals surface area contributed by atoms with Crippen molar-refractivity contribution in [2.75, 3.05) is 0 Å². The average molecular weight is 213 g/mol. The fraction of sp³-hybridized carbons (Fsp3) is 0.467. The third kappa shape index (κ3) is 1.17. The smallest absolute Gasteiger partial charge is 0.0457 e. The molecule has 0 fully saturated rings. The highest BCUT2D eigenvalue weighted by atomic mass is 14.7. The van der Waals surface area contributed by atoms with E-state index < -0.39 is 0 Å². The summed E-state index contributed by atoms with van der Waals surface area (Å²) in [6, 6.07) is 6.88. The molecule has 0 saturated carbocycles. The van der Waals surface area contributed by atoms with Crippen LogP contribution in [0, 0.1) is 0 Å². The Labute approximate surface area is 96.9 Å². The molecule has 1 aliphatic carbocycles. The molecule has 1 aromatic heterocycles. The second-order valence-electron chi connectivity index (χ2n) is 6.41. The Morgan fingerprint density at radius 1 is 1.00 bits per heavy atom. The van der Waals surface area contributed by atoms with E-state index in [1.165, 1.54) is 28.5 Å². The van der Waals surface area contributed by atoms with E-state index in [0.717, 1.165) is 0 Å². The first-order valence-corrected chi connectivity index (χ1v) is 6.02. The van der Waals surface area contributed by atoms with Crippen LogP contribution in [0.4, 0.5) is 0 Å². The summed E-state index contributed by atoms with van der Waals surface area (Å²) in [7, 11) is 0. The van der Waals surface area contributed by atoms with Crippen LogP contribution < -0.4 is 0 Å². The van der Waals surface area contributed by atoms with E-state index >= 15 is 0 Å². The van der Waals surface area contributed by atoms with Crippen molar-refractivity contribution < 1.29 is 0 Å². The number of nitrogens with one attached hydrogen (secondary N) is 1. The molecule has 0 bridgehead atoms. The van der Waals surface area contributed by atoms with Gasteiger partial charge in [0.25, 0.3) is 0 Å². The van der Waals surface area contributed by atoms with E-state index in [1.54, 1.807) is 0 Å². The number of H-pyrrole nitrogens is 1. The second kappa shape index (κ2) is 2.71. The minimum atomic E-state index is 0.304. The SMILES string of the molecule is CC1(C)CC(C)(C)c2cc3[nH]ccc3cc21. The Balaban J connectivity index is 2.37. The molecule has 2 aromatic rings. The molecule has 0 radical (unpaired) electrons. The third-order valence-electron chi connectivity index (χ3n) is 4.03. The van der Waals surface area contributed by atoms with Crippen LogP contribution in [-0.4, -0.2) is 4.98 Å². The summed E-state index contributed by atoms with van der Waals surface area (Å²) in [5.41, 5.74) is 4.93. The van der Waals surface area contributed by atoms with E-state index in [1.807, 2.05) is 6.20 Å². The van der Waals surface area contributed by atoms with Crippen molar-refractivity contribution >= 4 is 10.9 Å². The molecule has 16 heavy (non-hydrogen) atoms. The number of fused-ring (bicyclic) bond motifs is 2. The van der Waals surface area contributed by atoms with Crippen molar-refractivity contribution in [2.45, 2.75) is 44.9 Å². The molecule has 0 amide bonds. The van der Waals surface area contributed by atoms with Gasteiger partial charge in [-0.2, -0.15) is 0 Å². The topological polar surface area (TPSA) is 15.8 Å². The van der Waals surface area contributed by atoms with Crippen LogP contribution in [0.25, 0.3) is 10.9 Å². The molecule has 1 aromatic carbocycles. The Kier molecular flexibility index (Phi) is 1.68. The fourth-order valence-corrected chi connectivity index (χ4v) is 3.52. The average Bonchev–Trinajstić information content (AvgIpc) is 2.66. The molecular weight excluding hydrogens is 194 g/mol. The molecule has 1 heterocycles. The van der Waals surface area contributed by atoms with Crippen LogP contribution in [0.2, 0.25) is 0 Å². The Morgan fingerprint density at radius 3 is 2.31 bits per heavy atom. The highest BCUT2D eigenvalue weighted by Gasteiger charge is 2.41. The molecule has 1 N–H and O–H groups in total. The molecule has 3 rings (SSSR count). The minimum absolute atomic E-state index is 0.304. The summed E-state index contributed by atoms with van der Waals surface area (Å²) in [4.78, 5) is 3.31. The zero-order chi connectivity index (χ0) is 11.6. The lowest BCUT2D eigenvalue weighted by atomic mass is 9.82. The van der Waals surface area contributed by atoms with Crippen LogP contribution >= 0.6 is 0 Å². The molecule has 0 unspecified atom stereocenters. The normalized spacial score (nSPS) is 21.2. The van der Waals surface area contributed by atoms with Gasteiger partial charge >= 0.3 is 0 Å². The van der Waals surface area contributed by atoms with Crippen molar-refractivity contribution in [3.05, 3.63) is 35.5 Å². The van der Waals surface area contributed by atoms with Gasteiger partial charge in [-0.25, -0.2) is 0 Å². The maximum Gasteiger partial charge on any atom is 0.0457 e. The zero-order valence-electron chi connectivity index (χ0n) is 10.5. The van der Waals surface area contributed by atoms with E-state index in [4.69, 9.17) is 0 Å². The number of aromatic amines is 1.